The third-order valence-corrected chi connectivity index (χ3v) is 3.78. The lowest BCUT2D eigenvalue weighted by molar-refractivity contribution is 0.103. The van der Waals surface area contributed by atoms with E-state index < -0.39 is 0 Å². The number of carbonyl (C=O) groups excluding carboxylic acids is 1. The van der Waals surface area contributed by atoms with Crippen molar-refractivity contribution < 1.29 is 4.79 Å². The Morgan fingerprint density at radius 2 is 1.74 bits per heavy atom. The first kappa shape index (κ1) is 14.1. The summed E-state index contributed by atoms with van der Waals surface area (Å²) < 4.78 is 0.774. The molecule has 0 aromatic heterocycles. The van der Waals surface area contributed by atoms with Gasteiger partial charge in [-0.1, -0.05) is 27.5 Å². The van der Waals surface area contributed by atoms with Crippen molar-refractivity contribution in [2.45, 2.75) is 13.8 Å². The van der Waals surface area contributed by atoms with Gasteiger partial charge in [-0.25, -0.2) is 0 Å². The van der Waals surface area contributed by atoms with Gasteiger partial charge in [-0.3, -0.25) is 4.79 Å². The summed E-state index contributed by atoms with van der Waals surface area (Å²) in [5.74, 6) is -0.124. The normalized spacial score (nSPS) is 10.5. The fraction of sp³-hybridized carbons (Fsp3) is 0.133. The number of carbonyl (C=O) groups is 1. The molecule has 0 bridgehead atoms. The zero-order chi connectivity index (χ0) is 14.2. The summed E-state index contributed by atoms with van der Waals surface area (Å²) in [6.07, 6.45) is 0. The zero-order valence-electron chi connectivity index (χ0n) is 10.6. The van der Waals surface area contributed by atoms with Crippen LogP contribution in [-0.4, -0.2) is 5.78 Å². The van der Waals surface area contributed by atoms with Crippen LogP contribution in [0.5, 0.6) is 0 Å². The highest BCUT2D eigenvalue weighted by atomic mass is 79.9. The first-order valence-corrected chi connectivity index (χ1v) is 6.93. The average Bonchev–Trinajstić information content (AvgIpc) is 2.31. The maximum absolute atomic E-state index is 12.5. The molecule has 0 unspecified atom stereocenters. The molecule has 0 saturated heterocycles. The molecular formula is C15H13BrClNO. The highest BCUT2D eigenvalue weighted by Gasteiger charge is 2.15. The van der Waals surface area contributed by atoms with Crippen molar-refractivity contribution in [3.63, 3.8) is 0 Å². The van der Waals surface area contributed by atoms with E-state index in [1.807, 2.05) is 26.0 Å². The Morgan fingerprint density at radius 3 is 2.37 bits per heavy atom. The van der Waals surface area contributed by atoms with Crippen LogP contribution in [0.1, 0.15) is 27.0 Å². The van der Waals surface area contributed by atoms with Gasteiger partial charge in [-0.2, -0.15) is 0 Å². The van der Waals surface area contributed by atoms with Gasteiger partial charge in [0.05, 0.1) is 5.02 Å². The van der Waals surface area contributed by atoms with Gasteiger partial charge in [-0.15, -0.1) is 0 Å². The molecule has 2 rings (SSSR count). The van der Waals surface area contributed by atoms with Gasteiger partial charge in [0.15, 0.2) is 5.78 Å². The number of rotatable bonds is 2. The number of nitrogen functional groups attached to an aromatic ring is 1. The van der Waals surface area contributed by atoms with Crippen LogP contribution < -0.4 is 5.73 Å². The number of hydrogen-bond donors (Lipinski definition) is 1. The van der Waals surface area contributed by atoms with Crippen LogP contribution in [0.25, 0.3) is 0 Å². The zero-order valence-corrected chi connectivity index (χ0v) is 13.0. The highest BCUT2D eigenvalue weighted by Crippen LogP contribution is 2.25. The number of hydrogen-bond acceptors (Lipinski definition) is 2. The lowest BCUT2D eigenvalue weighted by Crippen LogP contribution is -2.04. The van der Waals surface area contributed by atoms with E-state index in [9.17, 15) is 4.79 Å². The van der Waals surface area contributed by atoms with Crippen LogP contribution >= 0.6 is 27.5 Å². The minimum absolute atomic E-state index is 0.124. The standard InChI is InChI=1S/C15H13BrClNO/c1-8-3-13(14(17)4-9(8)2)15(19)10-5-11(16)7-12(18)6-10/h3-7H,18H2,1-2H3. The first-order chi connectivity index (χ1) is 8.88. The first-order valence-electron chi connectivity index (χ1n) is 5.76. The molecule has 0 heterocycles. The van der Waals surface area contributed by atoms with E-state index in [0.717, 1.165) is 15.6 Å². The summed E-state index contributed by atoms with van der Waals surface area (Å²) in [7, 11) is 0. The smallest absolute Gasteiger partial charge is 0.194 e. The second kappa shape index (κ2) is 5.35. The van der Waals surface area contributed by atoms with Gasteiger partial charge in [0.1, 0.15) is 0 Å². The highest BCUT2D eigenvalue weighted by molar-refractivity contribution is 9.10. The van der Waals surface area contributed by atoms with Crippen LogP contribution in [0.3, 0.4) is 0 Å². The SMILES string of the molecule is Cc1cc(Cl)c(C(=O)c2cc(N)cc(Br)c2)cc1C. The predicted molar refractivity (Wildman–Crippen MR) is 82.9 cm³/mol. The third kappa shape index (κ3) is 2.99. The van der Waals surface area contributed by atoms with E-state index in [4.69, 9.17) is 17.3 Å². The number of anilines is 1. The quantitative estimate of drug-likeness (QED) is 0.645. The summed E-state index contributed by atoms with van der Waals surface area (Å²) in [5.41, 5.74) is 9.42. The molecule has 0 spiro atoms. The molecule has 0 saturated carbocycles. The maximum Gasteiger partial charge on any atom is 0.194 e. The summed E-state index contributed by atoms with van der Waals surface area (Å²) in [6.45, 7) is 3.92. The van der Waals surface area contributed by atoms with Crippen LogP contribution in [0.4, 0.5) is 5.69 Å². The Kier molecular flexibility index (Phi) is 3.97. The molecule has 98 valence electrons. The molecule has 2 N–H and O–H groups in total. The van der Waals surface area contributed by atoms with Crippen LogP contribution in [0, 0.1) is 13.8 Å². The second-order valence-corrected chi connectivity index (χ2v) is 5.84. The Morgan fingerprint density at radius 1 is 1.11 bits per heavy atom. The number of benzene rings is 2. The number of aryl methyl sites for hydroxylation is 2. The number of nitrogens with two attached hydrogens (primary N) is 1. The van der Waals surface area contributed by atoms with Crippen LogP contribution in [0.15, 0.2) is 34.8 Å². The summed E-state index contributed by atoms with van der Waals surface area (Å²) in [5, 5.41) is 0.464. The summed E-state index contributed by atoms with van der Waals surface area (Å²) in [4.78, 5) is 12.5. The molecule has 2 aromatic rings. The van der Waals surface area contributed by atoms with E-state index in [1.54, 1.807) is 18.2 Å². The van der Waals surface area contributed by atoms with Crippen LogP contribution in [-0.2, 0) is 0 Å². The van der Waals surface area contributed by atoms with E-state index in [2.05, 4.69) is 15.9 Å². The maximum atomic E-state index is 12.5. The molecule has 0 aliphatic carbocycles. The molecule has 0 atom stereocenters. The van der Waals surface area contributed by atoms with Gasteiger partial charge in [-0.05, 0) is 55.3 Å². The van der Waals surface area contributed by atoms with Gasteiger partial charge in [0, 0.05) is 21.3 Å². The average molecular weight is 339 g/mol. The summed E-state index contributed by atoms with van der Waals surface area (Å²) >= 11 is 9.50. The van der Waals surface area contributed by atoms with Crippen molar-refractivity contribution in [1.29, 1.82) is 0 Å². The topological polar surface area (TPSA) is 43.1 Å². The largest absolute Gasteiger partial charge is 0.399 e. The van der Waals surface area contributed by atoms with Crippen molar-refractivity contribution in [3.8, 4) is 0 Å². The van der Waals surface area contributed by atoms with Gasteiger partial charge in [0.2, 0.25) is 0 Å². The molecular weight excluding hydrogens is 326 g/mol. The molecule has 0 aliphatic rings. The molecule has 0 fully saturated rings. The lowest BCUT2D eigenvalue weighted by atomic mass is 9.99. The second-order valence-electron chi connectivity index (χ2n) is 4.52. The minimum Gasteiger partial charge on any atom is -0.399 e. The Labute approximate surface area is 125 Å². The molecule has 2 aromatic carbocycles. The van der Waals surface area contributed by atoms with Crippen LogP contribution in [0.2, 0.25) is 5.02 Å². The number of ketones is 1. The minimum atomic E-state index is -0.124. The van der Waals surface area contributed by atoms with Gasteiger partial charge < -0.3 is 5.73 Å². The van der Waals surface area contributed by atoms with E-state index in [1.165, 1.54) is 0 Å². The fourth-order valence-electron chi connectivity index (χ4n) is 1.85. The molecule has 4 heteroatoms. The van der Waals surface area contributed by atoms with Crippen molar-refractivity contribution in [2.24, 2.45) is 0 Å². The van der Waals surface area contributed by atoms with Gasteiger partial charge in [0.25, 0.3) is 0 Å². The lowest BCUT2D eigenvalue weighted by Gasteiger charge is -2.08. The third-order valence-electron chi connectivity index (χ3n) is 3.01. The van der Waals surface area contributed by atoms with Gasteiger partial charge >= 0.3 is 0 Å². The molecule has 2 nitrogen and oxygen atoms in total. The predicted octanol–water partition coefficient (Wildman–Crippen LogP) is 4.53. The fourth-order valence-corrected chi connectivity index (χ4v) is 2.67. The number of halogens is 2. The monoisotopic (exact) mass is 337 g/mol. The molecule has 0 aliphatic heterocycles. The van der Waals surface area contributed by atoms with Crippen molar-refractivity contribution in [3.05, 3.63) is 62.1 Å². The van der Waals surface area contributed by atoms with E-state index in [0.29, 0.717) is 21.8 Å². The van der Waals surface area contributed by atoms with E-state index >= 15 is 0 Å². The van der Waals surface area contributed by atoms with Crippen molar-refractivity contribution in [1.82, 2.24) is 0 Å². The summed E-state index contributed by atoms with van der Waals surface area (Å²) in [6, 6.07) is 8.77. The molecule has 0 amide bonds. The van der Waals surface area contributed by atoms with Crippen molar-refractivity contribution in [2.75, 3.05) is 5.73 Å². The van der Waals surface area contributed by atoms with E-state index in [-0.39, 0.29) is 5.78 Å². The Bertz CT molecular complexity index is 647. The van der Waals surface area contributed by atoms with Crippen molar-refractivity contribution >= 4 is 39.0 Å². The Balaban J connectivity index is 2.53. The molecule has 19 heavy (non-hydrogen) atoms. The molecule has 0 radical (unpaired) electrons. The Hall–Kier alpha value is -1.32.